The van der Waals surface area contributed by atoms with Gasteiger partial charge in [-0.3, -0.25) is 4.79 Å². The van der Waals surface area contributed by atoms with Crippen LogP contribution < -0.4 is 4.90 Å². The van der Waals surface area contributed by atoms with Gasteiger partial charge in [0.1, 0.15) is 26.8 Å². The highest BCUT2D eigenvalue weighted by Crippen LogP contribution is 2.51. The number of allylic oxidation sites excluding steroid dienone is 6. The van der Waals surface area contributed by atoms with Gasteiger partial charge in [-0.1, -0.05) is 18.2 Å². The highest BCUT2D eigenvalue weighted by Gasteiger charge is 2.48. The molecule has 0 amide bonds. The van der Waals surface area contributed by atoms with Crippen molar-refractivity contribution in [2.75, 3.05) is 77.1 Å². The van der Waals surface area contributed by atoms with Crippen molar-refractivity contribution >= 4 is 53.4 Å². The van der Waals surface area contributed by atoms with Gasteiger partial charge in [0, 0.05) is 73.4 Å². The molecule has 2 aromatic carbocycles. The lowest BCUT2D eigenvalue weighted by Crippen LogP contribution is -2.33. The van der Waals surface area contributed by atoms with Gasteiger partial charge in [-0.2, -0.15) is 4.58 Å². The van der Waals surface area contributed by atoms with Crippen molar-refractivity contribution in [1.29, 1.82) is 0 Å². The van der Waals surface area contributed by atoms with Crippen molar-refractivity contribution in [3.05, 3.63) is 83.6 Å². The molecule has 0 spiro atoms. The van der Waals surface area contributed by atoms with Crippen LogP contribution in [0.5, 0.6) is 0 Å². The molecule has 63 heavy (non-hydrogen) atoms. The number of ether oxygens (including phenoxy) is 4. The third kappa shape index (κ3) is 14.1. The molecular weight excluding hydrogens is 881 g/mol. The second kappa shape index (κ2) is 22.9. The van der Waals surface area contributed by atoms with Crippen LogP contribution in [0.15, 0.2) is 82.3 Å². The van der Waals surface area contributed by atoms with E-state index < -0.39 is 57.8 Å². The van der Waals surface area contributed by atoms with Gasteiger partial charge in [-0.25, -0.2) is 25.3 Å². The van der Waals surface area contributed by atoms with E-state index in [1.165, 1.54) is 24.3 Å². The molecule has 350 valence electrons. The predicted octanol–water partition coefficient (Wildman–Crippen LogP) is 4.70. The number of rotatable bonds is 28. The summed E-state index contributed by atoms with van der Waals surface area (Å²) in [6, 6.07) is 8.38. The molecule has 17 nitrogen and oxygen atoms in total. The van der Waals surface area contributed by atoms with E-state index in [1.807, 2.05) is 42.4 Å². The maximum absolute atomic E-state index is 12.3. The Morgan fingerprint density at radius 3 is 1.94 bits per heavy atom. The summed E-state index contributed by atoms with van der Waals surface area (Å²) in [4.78, 5) is 12.3. The number of hydrogen-bond acceptors (Lipinski definition) is 15. The number of carboxylic acids is 1. The third-order valence-electron chi connectivity index (χ3n) is 11.3. The molecule has 0 aromatic heterocycles. The highest BCUT2D eigenvalue weighted by molar-refractivity contribution is 7.86. The summed E-state index contributed by atoms with van der Waals surface area (Å²) >= 11 is 0. The van der Waals surface area contributed by atoms with Crippen LogP contribution in [0.25, 0.3) is 0 Å². The van der Waals surface area contributed by atoms with Crippen LogP contribution in [0.3, 0.4) is 0 Å². The summed E-state index contributed by atoms with van der Waals surface area (Å²) in [6.45, 7) is 9.11. The lowest BCUT2D eigenvalue weighted by molar-refractivity contribution is -0.438. The topological polar surface area (TPSA) is 252 Å². The first kappa shape index (κ1) is 51.8. The molecule has 20 heteroatoms. The Morgan fingerprint density at radius 2 is 1.35 bits per heavy atom. The van der Waals surface area contributed by atoms with Gasteiger partial charge in [0.2, 0.25) is 5.69 Å². The monoisotopic (exact) mass is 938 g/mol. The predicted molar refractivity (Wildman–Crippen MR) is 232 cm³/mol. The van der Waals surface area contributed by atoms with E-state index in [-0.39, 0.29) is 37.4 Å². The van der Waals surface area contributed by atoms with Crippen molar-refractivity contribution in [3.8, 4) is 0 Å². The average Bonchev–Trinajstić information content (AvgIpc) is 3.58. The second-order valence-corrected chi connectivity index (χ2v) is 19.9. The van der Waals surface area contributed by atoms with Crippen LogP contribution in [-0.4, -0.2) is 132 Å². The number of carbonyl (C=O) groups is 1. The minimum atomic E-state index is -4.82. The van der Waals surface area contributed by atoms with Crippen molar-refractivity contribution in [1.82, 2.24) is 0 Å². The van der Waals surface area contributed by atoms with Gasteiger partial charge < -0.3 is 42.6 Å². The lowest BCUT2D eigenvalue weighted by atomic mass is 9.76. The van der Waals surface area contributed by atoms with Crippen molar-refractivity contribution in [3.63, 3.8) is 0 Å². The zero-order chi connectivity index (χ0) is 46.5. The molecular formula is C43H58N2O15S3-2. The molecule has 2 aliphatic heterocycles. The number of nitrogens with zero attached hydrogens (tertiary/aromatic N) is 2. The average molecular weight is 939 g/mol. The van der Waals surface area contributed by atoms with Gasteiger partial charge in [0.25, 0.3) is 0 Å². The Hall–Kier alpha value is -3.83. The number of fused-ring (bicyclic) bond motifs is 2. The summed E-state index contributed by atoms with van der Waals surface area (Å²) in [5, 5.41) is 9.17. The van der Waals surface area contributed by atoms with Crippen molar-refractivity contribution in [2.24, 2.45) is 0 Å². The van der Waals surface area contributed by atoms with Gasteiger partial charge >= 0.3 is 5.97 Å². The fourth-order valence-corrected chi connectivity index (χ4v) is 9.62. The number of benzene rings is 2. The zero-order valence-corrected chi connectivity index (χ0v) is 38.6. The normalized spacial score (nSPS) is 19.9. The molecule has 2 atom stereocenters. The highest BCUT2D eigenvalue weighted by atomic mass is 32.2. The molecule has 0 saturated carbocycles. The molecule has 2 heterocycles. The van der Waals surface area contributed by atoms with E-state index in [2.05, 4.69) is 0 Å². The number of hydrogen-bond donors (Lipinski definition) is 1. The second-order valence-electron chi connectivity index (χ2n) is 15.7. The smallest absolute Gasteiger partial charge is 0.303 e. The first-order chi connectivity index (χ1) is 29.7. The minimum Gasteiger partial charge on any atom is -0.748 e. The number of aliphatic carboxylic acids is 1. The third-order valence-corrected chi connectivity index (χ3v) is 13.8. The molecule has 0 bridgehead atoms. The van der Waals surface area contributed by atoms with Crippen LogP contribution in [0.4, 0.5) is 11.4 Å². The summed E-state index contributed by atoms with van der Waals surface area (Å²) in [6.07, 6.45) is 11.3. The summed E-state index contributed by atoms with van der Waals surface area (Å²) < 4.78 is 132. The number of anilines is 1. The van der Waals surface area contributed by atoms with Crippen molar-refractivity contribution < 1.29 is 72.3 Å². The molecule has 0 radical (unpaired) electrons. The van der Waals surface area contributed by atoms with E-state index in [0.29, 0.717) is 100 Å². The van der Waals surface area contributed by atoms with E-state index in [4.69, 9.17) is 18.9 Å². The molecule has 0 saturated heterocycles. The lowest BCUT2D eigenvalue weighted by Gasteiger charge is -2.30. The fraction of sp³-hybridized carbons (Fsp3) is 0.535. The van der Waals surface area contributed by atoms with Gasteiger partial charge in [-0.15, -0.1) is 0 Å². The molecule has 4 rings (SSSR count). The first-order valence-electron chi connectivity index (χ1n) is 20.7. The van der Waals surface area contributed by atoms with Crippen LogP contribution in [-0.2, 0) is 64.9 Å². The Balaban J connectivity index is 1.69. The van der Waals surface area contributed by atoms with Crippen LogP contribution in [0, 0.1) is 0 Å². The Morgan fingerprint density at radius 1 is 0.746 bits per heavy atom. The van der Waals surface area contributed by atoms with Gasteiger partial charge in [0.15, 0.2) is 5.71 Å². The zero-order valence-electron chi connectivity index (χ0n) is 36.2. The fourth-order valence-electron chi connectivity index (χ4n) is 8.13. The van der Waals surface area contributed by atoms with E-state index in [9.17, 15) is 48.8 Å². The number of unbranched alkanes of at least 4 members (excludes halogenated alkanes) is 2. The van der Waals surface area contributed by atoms with Crippen LogP contribution in [0.1, 0.15) is 76.8 Å². The van der Waals surface area contributed by atoms with E-state index >= 15 is 0 Å². The molecule has 0 aliphatic carbocycles. The van der Waals surface area contributed by atoms with Crippen LogP contribution in [0.2, 0.25) is 0 Å². The Labute approximate surface area is 371 Å². The van der Waals surface area contributed by atoms with Crippen LogP contribution >= 0.6 is 0 Å². The SMILES string of the molecule is CCN1/C(=C/C=C/C=C/C2=[N+](CCCCCC(=O)O)c3ccc(S(=O)(=O)[O-])cc3C2(C)CCOCCOCCOCCOC)C(C)(CCCS(=O)(=O)[O-])c2cc(S(=O)(=O)[O-])ccc21. The Kier molecular flexibility index (Phi) is 18.8. The van der Waals surface area contributed by atoms with E-state index in [0.717, 1.165) is 5.71 Å². The minimum absolute atomic E-state index is 0.0192. The summed E-state index contributed by atoms with van der Waals surface area (Å²) in [7, 11) is -12.6. The molecule has 2 aromatic rings. The molecule has 2 unspecified atom stereocenters. The number of carboxylic acid groups (broad SMARTS) is 1. The molecule has 0 fully saturated rings. The van der Waals surface area contributed by atoms with E-state index in [1.54, 1.807) is 37.5 Å². The number of methoxy groups -OCH3 is 1. The van der Waals surface area contributed by atoms with Gasteiger partial charge in [0.05, 0.1) is 65.0 Å². The van der Waals surface area contributed by atoms with Gasteiger partial charge in [-0.05, 0) is 94.8 Å². The maximum atomic E-state index is 12.3. The number of likely N-dealkylation sites (N-methyl/N-ethyl adjacent to an activating group) is 1. The largest absolute Gasteiger partial charge is 0.748 e. The molecule has 2 aliphatic rings. The maximum Gasteiger partial charge on any atom is 0.303 e. The standard InChI is InChI=1S/C43H60N2O15S3/c1-5-44-37-18-16-33(62(51,52)53)31-35(37)42(2,20-12-30-61(48,49)50)39(44)13-8-6-9-14-40-43(3,21-23-58-26-27-60-29-28-59-25-24-57-4)36-32-34(63(54,55)56)17-19-38(36)45(40)22-11-7-10-15-41(46)47/h6,8-9,13-14,16-19,31-32H,5,7,10-12,15,20-30H2,1-4H3,(H3-,46,47,48,49,50,51,52,53,54,55,56)/p-2. The Bertz CT molecular complexity index is 2380. The summed E-state index contributed by atoms with van der Waals surface area (Å²) in [5.74, 6) is -1.52. The first-order valence-corrected chi connectivity index (χ1v) is 25.1. The molecule has 1 N–H and O–H groups in total. The summed E-state index contributed by atoms with van der Waals surface area (Å²) in [5.41, 5.74) is 2.08. The van der Waals surface area contributed by atoms with Crippen molar-refractivity contribution in [2.45, 2.75) is 86.3 Å². The quantitative estimate of drug-likeness (QED) is 0.0525.